The van der Waals surface area contributed by atoms with Gasteiger partial charge in [-0.25, -0.2) is 4.99 Å². The Balaban J connectivity index is 1.58. The van der Waals surface area contributed by atoms with Crippen LogP contribution < -0.4 is 15.7 Å². The van der Waals surface area contributed by atoms with Gasteiger partial charge in [0, 0.05) is 51.7 Å². The van der Waals surface area contributed by atoms with Crippen molar-refractivity contribution in [2.75, 3.05) is 5.32 Å². The Bertz CT molecular complexity index is 1790. The minimum Gasteiger partial charge on any atom is -0.456 e. The van der Waals surface area contributed by atoms with Crippen LogP contribution in [0.2, 0.25) is 0 Å². The van der Waals surface area contributed by atoms with Crippen molar-refractivity contribution >= 4 is 28.0 Å². The molecule has 2 aliphatic rings. The van der Waals surface area contributed by atoms with E-state index in [1.807, 2.05) is 12.1 Å². The van der Waals surface area contributed by atoms with Gasteiger partial charge in [-0.05, 0) is 61.7 Å². The number of hydrogen-bond donors (Lipinski definition) is 2. The SMILES string of the molecule is Cc1ccccc1Nc1ccc2c(-c3ccccc3C)c3ccc(=[NH+]c4ccccc4C)cc-3oc2c1. The van der Waals surface area contributed by atoms with E-state index >= 15 is 0 Å². The third kappa shape index (κ3) is 4.41. The molecule has 0 saturated heterocycles. The second-order valence-corrected chi connectivity index (χ2v) is 9.59. The molecule has 2 N–H and O–H groups in total. The van der Waals surface area contributed by atoms with Crippen molar-refractivity contribution in [3.8, 4) is 22.5 Å². The number of rotatable bonds is 4. The molecule has 180 valence electrons. The van der Waals surface area contributed by atoms with Gasteiger partial charge in [-0.15, -0.1) is 0 Å². The molecule has 6 rings (SSSR count). The fraction of sp³-hybridized carbons (Fsp3) is 0.0882. The molecule has 4 aromatic carbocycles. The lowest BCUT2D eigenvalue weighted by Crippen LogP contribution is -2.70. The van der Waals surface area contributed by atoms with Gasteiger partial charge >= 0.3 is 0 Å². The molecule has 1 heterocycles. The fourth-order valence-electron chi connectivity index (χ4n) is 4.93. The van der Waals surface area contributed by atoms with Crippen LogP contribution >= 0.6 is 0 Å². The maximum absolute atomic E-state index is 6.59. The van der Waals surface area contributed by atoms with Crippen molar-refractivity contribution < 1.29 is 9.41 Å². The minimum atomic E-state index is 0.845. The lowest BCUT2D eigenvalue weighted by molar-refractivity contribution is -0.403. The van der Waals surface area contributed by atoms with Crippen molar-refractivity contribution in [3.05, 3.63) is 131 Å². The summed E-state index contributed by atoms with van der Waals surface area (Å²) in [6.07, 6.45) is 0. The molecular formula is C34H29N2O+. The van der Waals surface area contributed by atoms with Crippen LogP contribution in [-0.4, -0.2) is 0 Å². The summed E-state index contributed by atoms with van der Waals surface area (Å²) in [5.74, 6) is 0.845. The molecule has 0 spiro atoms. The van der Waals surface area contributed by atoms with Crippen LogP contribution in [0.1, 0.15) is 16.7 Å². The Kier molecular flexibility index (Phi) is 5.82. The van der Waals surface area contributed by atoms with Crippen molar-refractivity contribution in [1.29, 1.82) is 0 Å². The zero-order valence-corrected chi connectivity index (χ0v) is 21.3. The quantitative estimate of drug-likeness (QED) is 0.262. The highest BCUT2D eigenvalue weighted by molar-refractivity contribution is 6.03. The van der Waals surface area contributed by atoms with Crippen molar-refractivity contribution in [2.45, 2.75) is 20.8 Å². The summed E-state index contributed by atoms with van der Waals surface area (Å²) in [6, 6.07) is 38.0. The highest BCUT2D eigenvalue weighted by Crippen LogP contribution is 2.41. The number of anilines is 2. The van der Waals surface area contributed by atoms with Crippen LogP contribution in [0.15, 0.2) is 114 Å². The molecule has 0 radical (unpaired) electrons. The molecular weight excluding hydrogens is 452 g/mol. The molecule has 3 heteroatoms. The first-order valence-corrected chi connectivity index (χ1v) is 12.6. The highest BCUT2D eigenvalue weighted by atomic mass is 16.3. The molecule has 0 saturated carbocycles. The van der Waals surface area contributed by atoms with Gasteiger partial charge in [0.15, 0.2) is 0 Å². The standard InChI is InChI=1S/C34H28N2O/c1-22-10-4-7-13-27(22)34-28-18-16-25(35-30-14-8-5-11-23(30)2)20-32(28)37-33-21-26(17-19-29(33)34)36-31-15-9-6-12-24(31)3/h4-21,35H,1-3H3/p+1. The normalized spacial score (nSPS) is 11.8. The van der Waals surface area contributed by atoms with Crippen LogP contribution in [0, 0.1) is 20.8 Å². The monoisotopic (exact) mass is 481 g/mol. The molecule has 0 amide bonds. The number of nitrogens with one attached hydrogen (secondary N) is 2. The van der Waals surface area contributed by atoms with Crippen LogP contribution in [0.5, 0.6) is 0 Å². The lowest BCUT2D eigenvalue weighted by Gasteiger charge is -2.17. The smallest absolute Gasteiger partial charge is 0.207 e. The van der Waals surface area contributed by atoms with E-state index in [2.05, 4.69) is 128 Å². The fourth-order valence-corrected chi connectivity index (χ4v) is 4.93. The van der Waals surface area contributed by atoms with E-state index in [1.165, 1.54) is 27.8 Å². The Morgan fingerprint density at radius 3 is 2.14 bits per heavy atom. The van der Waals surface area contributed by atoms with Crippen molar-refractivity contribution in [2.24, 2.45) is 0 Å². The Hall–Kier alpha value is -4.63. The lowest BCUT2D eigenvalue weighted by atomic mass is 9.91. The van der Waals surface area contributed by atoms with Gasteiger partial charge in [0.25, 0.3) is 0 Å². The predicted octanol–water partition coefficient (Wildman–Crippen LogP) is 7.19. The number of para-hydroxylation sites is 2. The van der Waals surface area contributed by atoms with Gasteiger partial charge in [0.2, 0.25) is 11.0 Å². The van der Waals surface area contributed by atoms with Gasteiger partial charge in [0.1, 0.15) is 11.3 Å². The van der Waals surface area contributed by atoms with E-state index in [0.717, 1.165) is 44.7 Å². The minimum absolute atomic E-state index is 0.845. The summed E-state index contributed by atoms with van der Waals surface area (Å²) in [6.45, 7) is 6.39. The van der Waals surface area contributed by atoms with Gasteiger partial charge in [0.05, 0.1) is 6.07 Å². The van der Waals surface area contributed by atoms with E-state index in [4.69, 9.17) is 4.42 Å². The van der Waals surface area contributed by atoms with E-state index in [1.54, 1.807) is 0 Å². The van der Waals surface area contributed by atoms with Gasteiger partial charge in [-0.1, -0.05) is 60.7 Å². The number of benzene rings is 5. The summed E-state index contributed by atoms with van der Waals surface area (Å²) < 4.78 is 6.59. The third-order valence-corrected chi connectivity index (χ3v) is 6.98. The van der Waals surface area contributed by atoms with Crippen molar-refractivity contribution in [1.82, 2.24) is 0 Å². The largest absolute Gasteiger partial charge is 0.456 e. The van der Waals surface area contributed by atoms with E-state index < -0.39 is 0 Å². The van der Waals surface area contributed by atoms with Gasteiger partial charge in [-0.2, -0.15) is 0 Å². The van der Waals surface area contributed by atoms with Crippen LogP contribution in [0.3, 0.4) is 0 Å². The molecule has 1 aliphatic carbocycles. The molecule has 3 nitrogen and oxygen atoms in total. The molecule has 0 unspecified atom stereocenters. The third-order valence-electron chi connectivity index (χ3n) is 6.98. The second kappa shape index (κ2) is 9.44. The average Bonchev–Trinajstić information content (AvgIpc) is 2.90. The molecule has 0 bridgehead atoms. The van der Waals surface area contributed by atoms with Crippen LogP contribution in [0.25, 0.3) is 33.4 Å². The van der Waals surface area contributed by atoms with E-state index in [0.29, 0.717) is 0 Å². The Morgan fingerprint density at radius 2 is 1.35 bits per heavy atom. The summed E-state index contributed by atoms with van der Waals surface area (Å²) in [4.78, 5) is 3.56. The summed E-state index contributed by atoms with van der Waals surface area (Å²) in [5.41, 5.74) is 11.2. The highest BCUT2D eigenvalue weighted by Gasteiger charge is 2.19. The zero-order chi connectivity index (χ0) is 25.4. The molecule has 37 heavy (non-hydrogen) atoms. The molecule has 0 aromatic heterocycles. The number of aryl methyl sites for hydroxylation is 3. The van der Waals surface area contributed by atoms with Crippen molar-refractivity contribution in [3.63, 3.8) is 0 Å². The Labute approximate surface area is 217 Å². The zero-order valence-electron chi connectivity index (χ0n) is 21.3. The van der Waals surface area contributed by atoms with E-state index in [-0.39, 0.29) is 0 Å². The maximum atomic E-state index is 6.59. The first-order chi connectivity index (χ1) is 18.1. The first kappa shape index (κ1) is 22.8. The predicted molar refractivity (Wildman–Crippen MR) is 152 cm³/mol. The second-order valence-electron chi connectivity index (χ2n) is 9.59. The molecule has 1 aliphatic heterocycles. The first-order valence-electron chi connectivity index (χ1n) is 12.6. The Morgan fingerprint density at radius 1 is 0.622 bits per heavy atom. The summed E-state index contributed by atoms with van der Waals surface area (Å²) >= 11 is 0. The number of hydrogen-bond acceptors (Lipinski definition) is 2. The topological polar surface area (TPSA) is 39.1 Å². The van der Waals surface area contributed by atoms with Gasteiger partial charge in [-0.3, -0.25) is 0 Å². The number of fused-ring (bicyclic) bond motifs is 2. The van der Waals surface area contributed by atoms with Crippen LogP contribution in [-0.2, 0) is 0 Å². The molecule has 4 aromatic rings. The molecule has 0 fully saturated rings. The summed E-state index contributed by atoms with van der Waals surface area (Å²) in [7, 11) is 0. The summed E-state index contributed by atoms with van der Waals surface area (Å²) in [5, 5.41) is 5.65. The van der Waals surface area contributed by atoms with Gasteiger partial charge < -0.3 is 9.73 Å². The van der Waals surface area contributed by atoms with Crippen LogP contribution in [0.4, 0.5) is 17.1 Å². The van der Waals surface area contributed by atoms with E-state index in [9.17, 15) is 0 Å². The maximum Gasteiger partial charge on any atom is 0.207 e. The average molecular weight is 482 g/mol. The molecule has 0 atom stereocenters.